The fraction of sp³-hybridized carbons (Fsp3) is 0.300. The number of amides is 1. The van der Waals surface area contributed by atoms with Crippen molar-refractivity contribution in [3.8, 4) is 0 Å². The highest BCUT2D eigenvalue weighted by molar-refractivity contribution is 5.97. The number of para-hydroxylation sites is 1. The monoisotopic (exact) mass is 307 g/mol. The van der Waals surface area contributed by atoms with Crippen LogP contribution in [0.3, 0.4) is 0 Å². The normalized spacial score (nSPS) is 13.2. The lowest BCUT2D eigenvalue weighted by molar-refractivity contribution is -0.343. The van der Waals surface area contributed by atoms with Crippen LogP contribution in [0.4, 0.5) is 40.8 Å². The third-order valence-electron chi connectivity index (χ3n) is 2.16. The number of benzene rings is 1. The average molecular weight is 307 g/mol. The second-order valence-corrected chi connectivity index (χ2v) is 3.58. The predicted octanol–water partition coefficient (Wildman–Crippen LogP) is 3.60. The number of rotatable bonds is 3. The van der Waals surface area contributed by atoms with Crippen LogP contribution in [0.2, 0.25) is 0 Å². The Labute approximate surface area is 106 Å². The maximum Gasteiger partial charge on any atom is 0.460 e. The van der Waals surface area contributed by atoms with Gasteiger partial charge in [0.2, 0.25) is 0 Å². The first-order chi connectivity index (χ1) is 8.91. The van der Waals surface area contributed by atoms with Crippen LogP contribution in [0.25, 0.3) is 0 Å². The Kier molecular flexibility index (Phi) is 3.97. The number of carbonyl (C=O) groups excluding carboxylic acids is 1. The Balaban J connectivity index is 3.05. The van der Waals surface area contributed by atoms with Gasteiger partial charge in [-0.25, -0.2) is 4.39 Å². The van der Waals surface area contributed by atoms with Crippen LogP contribution in [-0.4, -0.2) is 23.9 Å². The van der Waals surface area contributed by atoms with Crippen molar-refractivity contribution in [3.05, 3.63) is 30.1 Å². The molecule has 0 atom stereocenters. The molecule has 0 aliphatic heterocycles. The van der Waals surface area contributed by atoms with Crippen LogP contribution in [0.15, 0.2) is 24.3 Å². The molecule has 0 saturated carbocycles. The van der Waals surface area contributed by atoms with Crippen LogP contribution in [0.5, 0.6) is 0 Å². The molecule has 0 heterocycles. The lowest BCUT2D eigenvalue weighted by Gasteiger charge is -2.27. The molecular formula is C10H5F8NO. The number of carbonyl (C=O) groups is 1. The number of hydrogen-bond acceptors (Lipinski definition) is 1. The molecule has 0 bridgehead atoms. The molecule has 10 heteroatoms. The average Bonchev–Trinajstić information content (AvgIpc) is 2.30. The van der Waals surface area contributed by atoms with E-state index in [9.17, 15) is 39.9 Å². The Morgan fingerprint density at radius 1 is 0.950 bits per heavy atom. The van der Waals surface area contributed by atoms with E-state index in [1.807, 2.05) is 0 Å². The Bertz CT molecular complexity index is 510. The third-order valence-corrected chi connectivity index (χ3v) is 2.16. The number of anilines is 1. The molecule has 0 spiro atoms. The zero-order chi connectivity index (χ0) is 15.8. The highest BCUT2D eigenvalue weighted by Crippen LogP contribution is 2.46. The maximum atomic E-state index is 13.0. The summed E-state index contributed by atoms with van der Waals surface area (Å²) in [6.45, 7) is 0. The Hall–Kier alpha value is -1.87. The molecule has 20 heavy (non-hydrogen) atoms. The molecule has 0 aliphatic carbocycles. The molecule has 0 saturated heterocycles. The molecule has 0 fully saturated rings. The van der Waals surface area contributed by atoms with Crippen molar-refractivity contribution in [2.24, 2.45) is 0 Å². The van der Waals surface area contributed by atoms with Gasteiger partial charge in [-0.05, 0) is 12.1 Å². The van der Waals surface area contributed by atoms with Crippen LogP contribution in [0, 0.1) is 5.82 Å². The molecule has 0 unspecified atom stereocenters. The van der Waals surface area contributed by atoms with Crippen molar-refractivity contribution in [2.45, 2.75) is 18.0 Å². The quantitative estimate of drug-likeness (QED) is 0.849. The van der Waals surface area contributed by atoms with E-state index in [-0.39, 0.29) is 0 Å². The van der Waals surface area contributed by atoms with Gasteiger partial charge in [0.15, 0.2) is 0 Å². The molecule has 0 aromatic heterocycles. The van der Waals surface area contributed by atoms with E-state index in [1.54, 1.807) is 0 Å². The van der Waals surface area contributed by atoms with Gasteiger partial charge in [-0.15, -0.1) is 0 Å². The first-order valence-corrected chi connectivity index (χ1v) is 4.79. The Morgan fingerprint density at radius 2 is 1.45 bits per heavy atom. The lowest BCUT2D eigenvalue weighted by atomic mass is 10.1. The minimum absolute atomic E-state index is 0.690. The number of halogens is 8. The summed E-state index contributed by atoms with van der Waals surface area (Å²) in [4.78, 5) is 10.9. The molecule has 1 aromatic carbocycles. The SMILES string of the molecule is O=C(Nc1ccccc1F)C(F)(F)C(F)(F)C(F)(F)F. The molecule has 1 N–H and O–H groups in total. The van der Waals surface area contributed by atoms with Gasteiger partial charge >= 0.3 is 23.9 Å². The molecular weight excluding hydrogens is 302 g/mol. The van der Waals surface area contributed by atoms with Gasteiger partial charge in [-0.3, -0.25) is 4.79 Å². The lowest BCUT2D eigenvalue weighted by Crippen LogP contribution is -2.57. The third kappa shape index (κ3) is 2.68. The van der Waals surface area contributed by atoms with Gasteiger partial charge < -0.3 is 5.32 Å². The van der Waals surface area contributed by atoms with Gasteiger partial charge in [0.1, 0.15) is 5.82 Å². The summed E-state index contributed by atoms with van der Waals surface area (Å²) in [6, 6.07) is 3.55. The second-order valence-electron chi connectivity index (χ2n) is 3.58. The summed E-state index contributed by atoms with van der Waals surface area (Å²) in [5.74, 6) is -16.9. The van der Waals surface area contributed by atoms with Crippen molar-refractivity contribution >= 4 is 11.6 Å². The topological polar surface area (TPSA) is 29.1 Å². The second kappa shape index (κ2) is 4.91. The number of hydrogen-bond donors (Lipinski definition) is 1. The molecule has 0 aliphatic rings. The fourth-order valence-corrected chi connectivity index (χ4v) is 1.08. The molecule has 0 radical (unpaired) electrons. The number of nitrogens with one attached hydrogen (secondary N) is 1. The summed E-state index contributed by atoms with van der Waals surface area (Å²) in [5, 5.41) is 0.985. The summed E-state index contributed by atoms with van der Waals surface area (Å²) < 4.78 is 99.3. The van der Waals surface area contributed by atoms with Crippen LogP contribution < -0.4 is 5.32 Å². The maximum absolute atomic E-state index is 13.0. The van der Waals surface area contributed by atoms with E-state index < -0.39 is 35.4 Å². The largest absolute Gasteiger partial charge is 0.460 e. The predicted molar refractivity (Wildman–Crippen MR) is 51.0 cm³/mol. The Morgan fingerprint density at radius 3 is 1.90 bits per heavy atom. The van der Waals surface area contributed by atoms with Gasteiger partial charge in [0, 0.05) is 0 Å². The summed E-state index contributed by atoms with van der Waals surface area (Å²) in [5.41, 5.74) is -0.949. The van der Waals surface area contributed by atoms with E-state index in [0.29, 0.717) is 6.07 Å². The smallest absolute Gasteiger partial charge is 0.318 e. The minimum Gasteiger partial charge on any atom is -0.318 e. The standard InChI is InChI=1S/C10H5F8NO/c11-5-3-1-2-4-6(5)19-7(20)8(12,13)9(14,15)10(16,17)18/h1-4H,(H,19,20). The van der Waals surface area contributed by atoms with E-state index in [2.05, 4.69) is 0 Å². The highest BCUT2D eigenvalue weighted by atomic mass is 19.4. The van der Waals surface area contributed by atoms with Gasteiger partial charge in [-0.2, -0.15) is 30.7 Å². The van der Waals surface area contributed by atoms with Gasteiger partial charge in [-0.1, -0.05) is 12.1 Å². The summed E-state index contributed by atoms with van der Waals surface area (Å²) in [7, 11) is 0. The van der Waals surface area contributed by atoms with Gasteiger partial charge in [0.25, 0.3) is 0 Å². The van der Waals surface area contributed by atoms with Crippen molar-refractivity contribution in [3.63, 3.8) is 0 Å². The molecule has 1 rings (SSSR count). The summed E-state index contributed by atoms with van der Waals surface area (Å²) >= 11 is 0. The van der Waals surface area contributed by atoms with Crippen molar-refractivity contribution in [1.82, 2.24) is 0 Å². The van der Waals surface area contributed by atoms with Crippen LogP contribution in [-0.2, 0) is 4.79 Å². The van der Waals surface area contributed by atoms with Crippen molar-refractivity contribution in [1.29, 1.82) is 0 Å². The highest BCUT2D eigenvalue weighted by Gasteiger charge is 2.76. The minimum atomic E-state index is -6.64. The van der Waals surface area contributed by atoms with Crippen LogP contribution in [0.1, 0.15) is 0 Å². The van der Waals surface area contributed by atoms with Crippen molar-refractivity contribution in [2.75, 3.05) is 5.32 Å². The molecule has 2 nitrogen and oxygen atoms in total. The van der Waals surface area contributed by atoms with E-state index in [0.717, 1.165) is 23.5 Å². The first-order valence-electron chi connectivity index (χ1n) is 4.79. The molecule has 1 aromatic rings. The molecule has 112 valence electrons. The zero-order valence-corrected chi connectivity index (χ0v) is 9.24. The van der Waals surface area contributed by atoms with Crippen LogP contribution >= 0.6 is 0 Å². The zero-order valence-electron chi connectivity index (χ0n) is 9.24. The van der Waals surface area contributed by atoms with E-state index in [4.69, 9.17) is 0 Å². The summed E-state index contributed by atoms with van der Waals surface area (Å²) in [6.07, 6.45) is -6.64. The molecule has 1 amide bonds. The van der Waals surface area contributed by atoms with Gasteiger partial charge in [0.05, 0.1) is 5.69 Å². The van der Waals surface area contributed by atoms with E-state index >= 15 is 0 Å². The fourth-order valence-electron chi connectivity index (χ4n) is 1.08. The number of alkyl halides is 7. The van der Waals surface area contributed by atoms with Crippen molar-refractivity contribution < 1.29 is 39.9 Å². The van der Waals surface area contributed by atoms with E-state index in [1.165, 1.54) is 0 Å². The first kappa shape index (κ1) is 16.2.